The van der Waals surface area contributed by atoms with Crippen LogP contribution in [-0.2, 0) is 9.31 Å². The molecule has 0 spiro atoms. The number of fused-ring (bicyclic) bond motifs is 1. The van der Waals surface area contributed by atoms with Crippen LogP contribution in [0.5, 0.6) is 0 Å². The SMILES string of the molecule is CC1(C)OB(c2cc3cc[nH]c3cc2F)OC1(C)C. The van der Waals surface area contributed by atoms with Gasteiger partial charge in [0.1, 0.15) is 5.82 Å². The fourth-order valence-electron chi connectivity index (χ4n) is 2.24. The standard InChI is InChI=1S/C14H17BFNO2/c1-13(2)14(3,4)19-15(18-13)10-7-9-5-6-17-12(9)8-11(10)16/h5-8,17H,1-4H3. The Morgan fingerprint density at radius 2 is 1.74 bits per heavy atom. The molecule has 0 radical (unpaired) electrons. The lowest BCUT2D eigenvalue weighted by molar-refractivity contribution is 0.00578. The highest BCUT2D eigenvalue weighted by atomic mass is 19.1. The molecule has 1 N–H and O–H groups in total. The van der Waals surface area contributed by atoms with Crippen LogP contribution in [-0.4, -0.2) is 23.3 Å². The van der Waals surface area contributed by atoms with Gasteiger partial charge in [0, 0.05) is 17.2 Å². The number of benzene rings is 1. The molecule has 0 unspecified atom stereocenters. The summed E-state index contributed by atoms with van der Waals surface area (Å²) >= 11 is 0. The Morgan fingerprint density at radius 3 is 2.37 bits per heavy atom. The molecular weight excluding hydrogens is 244 g/mol. The van der Waals surface area contributed by atoms with Crippen LogP contribution in [0, 0.1) is 5.82 Å². The minimum atomic E-state index is -0.663. The summed E-state index contributed by atoms with van der Waals surface area (Å²) in [5.74, 6) is -0.312. The van der Waals surface area contributed by atoms with Crippen molar-refractivity contribution < 1.29 is 13.7 Å². The van der Waals surface area contributed by atoms with E-state index in [1.807, 2.05) is 33.8 Å². The zero-order valence-corrected chi connectivity index (χ0v) is 11.6. The number of nitrogens with one attached hydrogen (secondary N) is 1. The monoisotopic (exact) mass is 261 g/mol. The van der Waals surface area contributed by atoms with Gasteiger partial charge in [-0.3, -0.25) is 0 Å². The third-order valence-electron chi connectivity index (χ3n) is 4.18. The minimum Gasteiger partial charge on any atom is -0.399 e. The van der Waals surface area contributed by atoms with Crippen LogP contribution in [0.3, 0.4) is 0 Å². The summed E-state index contributed by atoms with van der Waals surface area (Å²) in [5.41, 5.74) is 0.303. The lowest BCUT2D eigenvalue weighted by Crippen LogP contribution is -2.41. The Morgan fingerprint density at radius 1 is 1.11 bits per heavy atom. The van der Waals surface area contributed by atoms with Gasteiger partial charge in [0.05, 0.1) is 11.2 Å². The molecule has 1 aromatic carbocycles. The lowest BCUT2D eigenvalue weighted by atomic mass is 9.78. The molecule has 1 aromatic heterocycles. The summed E-state index contributed by atoms with van der Waals surface area (Å²) in [4.78, 5) is 2.99. The van der Waals surface area contributed by atoms with Gasteiger partial charge >= 0.3 is 7.12 Å². The Hall–Kier alpha value is -1.33. The van der Waals surface area contributed by atoms with E-state index in [0.717, 1.165) is 10.9 Å². The van der Waals surface area contributed by atoms with Crippen LogP contribution in [0.1, 0.15) is 27.7 Å². The molecule has 0 saturated carbocycles. The van der Waals surface area contributed by atoms with Crippen LogP contribution in [0.2, 0.25) is 0 Å². The summed E-state index contributed by atoms with van der Waals surface area (Å²) in [6.45, 7) is 7.83. The molecule has 1 aliphatic rings. The quantitative estimate of drug-likeness (QED) is 0.800. The lowest BCUT2D eigenvalue weighted by Gasteiger charge is -2.32. The average Bonchev–Trinajstić information content (AvgIpc) is 2.80. The Balaban J connectivity index is 2.04. The maximum absolute atomic E-state index is 14.2. The van der Waals surface area contributed by atoms with Gasteiger partial charge in [-0.15, -0.1) is 0 Å². The Kier molecular flexibility index (Phi) is 2.56. The van der Waals surface area contributed by atoms with Crippen molar-refractivity contribution in [2.45, 2.75) is 38.9 Å². The minimum absolute atomic E-state index is 0.312. The molecule has 0 amide bonds. The highest BCUT2D eigenvalue weighted by Gasteiger charge is 2.52. The Labute approximate surface area is 112 Å². The number of rotatable bonds is 1. The summed E-state index contributed by atoms with van der Waals surface area (Å²) in [5, 5.41) is 0.950. The largest absolute Gasteiger partial charge is 0.497 e. The first-order chi connectivity index (χ1) is 8.80. The van der Waals surface area contributed by atoms with E-state index in [0.29, 0.717) is 5.46 Å². The number of hydrogen-bond acceptors (Lipinski definition) is 2. The summed E-state index contributed by atoms with van der Waals surface area (Å²) in [7, 11) is -0.663. The van der Waals surface area contributed by atoms with E-state index >= 15 is 0 Å². The number of aromatic amines is 1. The maximum Gasteiger partial charge on any atom is 0.497 e. The van der Waals surface area contributed by atoms with Crippen LogP contribution < -0.4 is 5.46 Å². The molecule has 1 aliphatic heterocycles. The first-order valence-corrected chi connectivity index (χ1v) is 6.42. The Bertz CT molecular complexity index is 619. The molecule has 1 saturated heterocycles. The molecule has 3 rings (SSSR count). The van der Waals surface area contributed by atoms with Gasteiger partial charge in [0.25, 0.3) is 0 Å². The number of hydrogen-bond donors (Lipinski definition) is 1. The second kappa shape index (κ2) is 3.84. The van der Waals surface area contributed by atoms with Crippen LogP contribution in [0.15, 0.2) is 24.4 Å². The topological polar surface area (TPSA) is 34.2 Å². The van der Waals surface area contributed by atoms with Crippen molar-refractivity contribution in [2.75, 3.05) is 0 Å². The van der Waals surface area contributed by atoms with Crippen molar-refractivity contribution in [1.29, 1.82) is 0 Å². The molecule has 2 heterocycles. The van der Waals surface area contributed by atoms with E-state index in [1.165, 1.54) is 6.07 Å². The van der Waals surface area contributed by atoms with Gasteiger partial charge in [0.15, 0.2) is 0 Å². The molecule has 1 fully saturated rings. The average molecular weight is 261 g/mol. The summed E-state index contributed by atoms with van der Waals surface area (Å²) in [6, 6.07) is 5.17. The van der Waals surface area contributed by atoms with Gasteiger partial charge in [-0.05, 0) is 45.2 Å². The van der Waals surface area contributed by atoms with Crippen molar-refractivity contribution in [2.24, 2.45) is 0 Å². The molecule has 0 aliphatic carbocycles. The molecule has 3 nitrogen and oxygen atoms in total. The van der Waals surface area contributed by atoms with Crippen molar-refractivity contribution in [3.63, 3.8) is 0 Å². The van der Waals surface area contributed by atoms with Crippen molar-refractivity contribution >= 4 is 23.5 Å². The highest BCUT2D eigenvalue weighted by Crippen LogP contribution is 2.36. The molecule has 2 aromatic rings. The van der Waals surface area contributed by atoms with Gasteiger partial charge < -0.3 is 14.3 Å². The first-order valence-electron chi connectivity index (χ1n) is 6.42. The predicted octanol–water partition coefficient (Wildman–Crippen LogP) is 2.61. The van der Waals surface area contributed by atoms with E-state index in [4.69, 9.17) is 9.31 Å². The molecular formula is C14H17BFNO2. The fourth-order valence-corrected chi connectivity index (χ4v) is 2.24. The molecule has 19 heavy (non-hydrogen) atoms. The van der Waals surface area contributed by atoms with E-state index in [2.05, 4.69) is 4.98 Å². The van der Waals surface area contributed by atoms with Crippen LogP contribution in [0.25, 0.3) is 10.9 Å². The first kappa shape index (κ1) is 12.7. The van der Waals surface area contributed by atoms with Crippen molar-refractivity contribution in [3.05, 3.63) is 30.2 Å². The third-order valence-corrected chi connectivity index (χ3v) is 4.18. The predicted molar refractivity (Wildman–Crippen MR) is 74.0 cm³/mol. The van der Waals surface area contributed by atoms with E-state index < -0.39 is 18.3 Å². The zero-order chi connectivity index (χ0) is 13.8. The maximum atomic E-state index is 14.2. The number of halogens is 1. The number of H-pyrrole nitrogens is 1. The van der Waals surface area contributed by atoms with Crippen LogP contribution in [0.4, 0.5) is 4.39 Å². The fraction of sp³-hybridized carbons (Fsp3) is 0.429. The van der Waals surface area contributed by atoms with Gasteiger partial charge in [0.2, 0.25) is 0 Å². The summed E-state index contributed by atoms with van der Waals surface area (Å²) in [6.07, 6.45) is 1.79. The third kappa shape index (κ3) is 1.88. The molecule has 100 valence electrons. The summed E-state index contributed by atoms with van der Waals surface area (Å²) < 4.78 is 25.9. The second-order valence-corrected chi connectivity index (χ2v) is 6.03. The number of aromatic nitrogens is 1. The van der Waals surface area contributed by atoms with E-state index in [-0.39, 0.29) is 5.82 Å². The second-order valence-electron chi connectivity index (χ2n) is 6.03. The van der Waals surface area contributed by atoms with Crippen molar-refractivity contribution in [3.8, 4) is 0 Å². The molecule has 5 heteroatoms. The van der Waals surface area contributed by atoms with Crippen LogP contribution >= 0.6 is 0 Å². The van der Waals surface area contributed by atoms with E-state index in [1.54, 1.807) is 12.3 Å². The van der Waals surface area contributed by atoms with Crippen molar-refractivity contribution in [1.82, 2.24) is 4.98 Å². The molecule has 0 atom stereocenters. The van der Waals surface area contributed by atoms with Gasteiger partial charge in [-0.2, -0.15) is 0 Å². The highest BCUT2D eigenvalue weighted by molar-refractivity contribution is 6.62. The van der Waals surface area contributed by atoms with Gasteiger partial charge in [-0.1, -0.05) is 6.07 Å². The normalized spacial score (nSPS) is 21.2. The van der Waals surface area contributed by atoms with E-state index in [9.17, 15) is 4.39 Å². The zero-order valence-electron chi connectivity index (χ0n) is 11.6. The smallest absolute Gasteiger partial charge is 0.399 e. The molecule has 0 bridgehead atoms. The van der Waals surface area contributed by atoms with Gasteiger partial charge in [-0.25, -0.2) is 4.39 Å².